The molecule has 0 spiro atoms. The highest BCUT2D eigenvalue weighted by Gasteiger charge is 2.19. The molecule has 0 saturated carbocycles. The SMILES string of the molecule is C=CCOCCc1cccc(C(=O)O)c1C(=O)O. The number of hydrogen-bond donors (Lipinski definition) is 2. The van der Waals surface area contributed by atoms with E-state index in [9.17, 15) is 9.59 Å². The van der Waals surface area contributed by atoms with Crippen molar-refractivity contribution in [1.82, 2.24) is 0 Å². The Morgan fingerprint density at radius 3 is 2.56 bits per heavy atom. The van der Waals surface area contributed by atoms with E-state index in [2.05, 4.69) is 6.58 Å². The summed E-state index contributed by atoms with van der Waals surface area (Å²) in [5, 5.41) is 18.0. The second-order valence-electron chi connectivity index (χ2n) is 3.56. The van der Waals surface area contributed by atoms with Crippen molar-refractivity contribution in [1.29, 1.82) is 0 Å². The van der Waals surface area contributed by atoms with Gasteiger partial charge in [-0.25, -0.2) is 9.59 Å². The number of aromatic carboxylic acids is 2. The molecule has 0 aliphatic carbocycles. The van der Waals surface area contributed by atoms with Crippen molar-refractivity contribution in [3.63, 3.8) is 0 Å². The Balaban J connectivity index is 2.96. The summed E-state index contributed by atoms with van der Waals surface area (Å²) in [7, 11) is 0. The minimum Gasteiger partial charge on any atom is -0.478 e. The third-order valence-corrected chi connectivity index (χ3v) is 2.35. The first-order valence-corrected chi connectivity index (χ1v) is 5.35. The third kappa shape index (κ3) is 3.43. The van der Waals surface area contributed by atoms with E-state index in [-0.39, 0.29) is 11.1 Å². The topological polar surface area (TPSA) is 83.8 Å². The number of carboxylic acids is 2. The quantitative estimate of drug-likeness (QED) is 0.569. The van der Waals surface area contributed by atoms with E-state index in [1.54, 1.807) is 12.1 Å². The zero-order valence-corrected chi connectivity index (χ0v) is 9.76. The van der Waals surface area contributed by atoms with Gasteiger partial charge in [0.1, 0.15) is 0 Å². The maximum Gasteiger partial charge on any atom is 0.336 e. The molecule has 1 aromatic carbocycles. The van der Waals surface area contributed by atoms with Crippen LogP contribution in [0.5, 0.6) is 0 Å². The van der Waals surface area contributed by atoms with Crippen LogP contribution >= 0.6 is 0 Å². The fraction of sp³-hybridized carbons (Fsp3) is 0.231. The monoisotopic (exact) mass is 250 g/mol. The summed E-state index contributed by atoms with van der Waals surface area (Å²) in [6.45, 7) is 4.18. The second-order valence-corrected chi connectivity index (χ2v) is 3.56. The lowest BCUT2D eigenvalue weighted by molar-refractivity contribution is 0.0650. The van der Waals surface area contributed by atoms with Gasteiger partial charge in [-0.15, -0.1) is 6.58 Å². The largest absolute Gasteiger partial charge is 0.478 e. The zero-order valence-electron chi connectivity index (χ0n) is 9.76. The molecule has 96 valence electrons. The number of hydrogen-bond acceptors (Lipinski definition) is 3. The van der Waals surface area contributed by atoms with Gasteiger partial charge in [0, 0.05) is 0 Å². The van der Waals surface area contributed by atoms with Gasteiger partial charge in [0.2, 0.25) is 0 Å². The molecule has 1 rings (SSSR count). The standard InChI is InChI=1S/C13H14O5/c1-2-7-18-8-6-9-4-3-5-10(12(14)15)11(9)13(16)17/h2-5H,1,6-8H2,(H,14,15)(H,16,17). The number of carboxylic acid groups (broad SMARTS) is 2. The highest BCUT2D eigenvalue weighted by Crippen LogP contribution is 2.16. The molecule has 0 aromatic heterocycles. The Labute approximate surface area is 104 Å². The van der Waals surface area contributed by atoms with Crippen molar-refractivity contribution >= 4 is 11.9 Å². The predicted octanol–water partition coefficient (Wildman–Crippen LogP) is 1.83. The van der Waals surface area contributed by atoms with Crippen LogP contribution in [0.2, 0.25) is 0 Å². The molecule has 0 bridgehead atoms. The van der Waals surface area contributed by atoms with Crippen molar-refractivity contribution in [3.8, 4) is 0 Å². The summed E-state index contributed by atoms with van der Waals surface area (Å²) in [5.74, 6) is -2.49. The smallest absolute Gasteiger partial charge is 0.336 e. The van der Waals surface area contributed by atoms with Gasteiger partial charge >= 0.3 is 11.9 Å². The molecule has 0 aliphatic heterocycles. The van der Waals surface area contributed by atoms with E-state index in [0.717, 1.165) is 0 Å². The van der Waals surface area contributed by atoms with Gasteiger partial charge in [0.05, 0.1) is 24.3 Å². The van der Waals surface area contributed by atoms with Crippen LogP contribution in [0.25, 0.3) is 0 Å². The maximum atomic E-state index is 11.1. The van der Waals surface area contributed by atoms with Gasteiger partial charge in [-0.05, 0) is 18.1 Å². The highest BCUT2D eigenvalue weighted by molar-refractivity contribution is 6.02. The summed E-state index contributed by atoms with van der Waals surface area (Å²) in [4.78, 5) is 22.1. The van der Waals surface area contributed by atoms with Crippen LogP contribution in [0.4, 0.5) is 0 Å². The lowest BCUT2D eigenvalue weighted by Crippen LogP contribution is -2.12. The normalized spacial score (nSPS) is 10.0. The van der Waals surface area contributed by atoms with E-state index in [0.29, 0.717) is 25.2 Å². The Bertz CT molecular complexity index is 464. The first-order valence-electron chi connectivity index (χ1n) is 5.35. The molecule has 0 saturated heterocycles. The molecule has 0 heterocycles. The Morgan fingerprint density at radius 1 is 1.28 bits per heavy atom. The first kappa shape index (κ1) is 13.9. The summed E-state index contributed by atoms with van der Waals surface area (Å²) in [6, 6.07) is 4.39. The minimum absolute atomic E-state index is 0.174. The predicted molar refractivity (Wildman–Crippen MR) is 65.1 cm³/mol. The highest BCUT2D eigenvalue weighted by atomic mass is 16.5. The molecule has 0 fully saturated rings. The van der Waals surface area contributed by atoms with Crippen molar-refractivity contribution in [2.45, 2.75) is 6.42 Å². The van der Waals surface area contributed by atoms with Crippen LogP contribution in [0.3, 0.4) is 0 Å². The Morgan fingerprint density at radius 2 is 2.00 bits per heavy atom. The van der Waals surface area contributed by atoms with E-state index in [4.69, 9.17) is 14.9 Å². The van der Waals surface area contributed by atoms with Crippen LogP contribution in [0.1, 0.15) is 26.3 Å². The van der Waals surface area contributed by atoms with Gasteiger partial charge in [-0.3, -0.25) is 0 Å². The molecule has 0 unspecified atom stereocenters. The average molecular weight is 250 g/mol. The fourth-order valence-electron chi connectivity index (χ4n) is 1.59. The molecule has 0 atom stereocenters. The molecule has 0 aliphatic rings. The minimum atomic E-state index is -1.25. The van der Waals surface area contributed by atoms with Crippen LogP contribution in [0, 0.1) is 0 Å². The van der Waals surface area contributed by atoms with Crippen molar-refractivity contribution in [2.24, 2.45) is 0 Å². The van der Waals surface area contributed by atoms with Gasteiger partial charge in [-0.1, -0.05) is 18.2 Å². The van der Waals surface area contributed by atoms with Crippen molar-refractivity contribution < 1.29 is 24.5 Å². The van der Waals surface area contributed by atoms with E-state index in [1.807, 2.05) is 0 Å². The summed E-state index contributed by atoms with van der Waals surface area (Å²) >= 11 is 0. The number of carbonyl (C=O) groups is 2. The average Bonchev–Trinajstić information content (AvgIpc) is 2.33. The van der Waals surface area contributed by atoms with Gasteiger partial charge in [0.15, 0.2) is 0 Å². The summed E-state index contributed by atoms with van der Waals surface area (Å²) < 4.78 is 5.16. The van der Waals surface area contributed by atoms with Crippen LogP contribution in [-0.4, -0.2) is 35.4 Å². The van der Waals surface area contributed by atoms with Crippen LogP contribution in [-0.2, 0) is 11.2 Å². The number of rotatable bonds is 7. The van der Waals surface area contributed by atoms with Crippen LogP contribution < -0.4 is 0 Å². The van der Waals surface area contributed by atoms with Crippen molar-refractivity contribution in [2.75, 3.05) is 13.2 Å². The van der Waals surface area contributed by atoms with E-state index < -0.39 is 11.9 Å². The molecule has 0 radical (unpaired) electrons. The van der Waals surface area contributed by atoms with Gasteiger partial charge in [-0.2, -0.15) is 0 Å². The molecular weight excluding hydrogens is 236 g/mol. The fourth-order valence-corrected chi connectivity index (χ4v) is 1.59. The Kier molecular flexibility index (Phi) is 5.07. The lowest BCUT2D eigenvalue weighted by atomic mass is 9.99. The maximum absolute atomic E-state index is 11.1. The number of ether oxygens (including phenoxy) is 1. The van der Waals surface area contributed by atoms with E-state index >= 15 is 0 Å². The molecule has 5 heteroatoms. The van der Waals surface area contributed by atoms with Gasteiger partial charge in [0.25, 0.3) is 0 Å². The summed E-state index contributed by atoms with van der Waals surface area (Å²) in [6.07, 6.45) is 1.93. The van der Waals surface area contributed by atoms with Crippen molar-refractivity contribution in [3.05, 3.63) is 47.5 Å². The van der Waals surface area contributed by atoms with Gasteiger partial charge < -0.3 is 14.9 Å². The molecule has 5 nitrogen and oxygen atoms in total. The molecule has 1 aromatic rings. The molecule has 18 heavy (non-hydrogen) atoms. The zero-order chi connectivity index (χ0) is 13.5. The Hall–Kier alpha value is -2.14. The molecular formula is C13H14O5. The first-order chi connectivity index (χ1) is 8.57. The van der Waals surface area contributed by atoms with E-state index in [1.165, 1.54) is 12.1 Å². The lowest BCUT2D eigenvalue weighted by Gasteiger charge is -2.08. The van der Waals surface area contributed by atoms with Crippen LogP contribution in [0.15, 0.2) is 30.9 Å². The molecule has 0 amide bonds. The number of benzene rings is 1. The third-order valence-electron chi connectivity index (χ3n) is 2.35. The second kappa shape index (κ2) is 6.56. The molecule has 2 N–H and O–H groups in total. The summed E-state index contributed by atoms with van der Waals surface area (Å²) in [5.41, 5.74) is 0.0717.